The lowest BCUT2D eigenvalue weighted by atomic mass is 10.0. The zero-order chi connectivity index (χ0) is 59.9. The van der Waals surface area contributed by atoms with Gasteiger partial charge in [-0.05, 0) is 109 Å². The maximum absolute atomic E-state index is 12.9. The molecule has 0 radical (unpaired) electrons. The van der Waals surface area contributed by atoms with Crippen LogP contribution in [0.2, 0.25) is 0 Å². The molecule has 0 bridgehead atoms. The van der Waals surface area contributed by atoms with Crippen molar-refractivity contribution < 1.29 is 28.6 Å². The maximum Gasteiger partial charge on any atom is 0.306 e. The van der Waals surface area contributed by atoms with Gasteiger partial charge >= 0.3 is 17.9 Å². The number of unbranched alkanes of at least 4 members (excludes halogenated alkanes) is 35. The molecule has 0 amide bonds. The van der Waals surface area contributed by atoms with Crippen molar-refractivity contribution in [3.63, 3.8) is 0 Å². The summed E-state index contributed by atoms with van der Waals surface area (Å²) in [7, 11) is 0. The monoisotopic (exact) mass is 1150 g/mol. The van der Waals surface area contributed by atoms with E-state index in [1.165, 1.54) is 186 Å². The van der Waals surface area contributed by atoms with E-state index in [1.54, 1.807) is 0 Å². The van der Waals surface area contributed by atoms with Crippen molar-refractivity contribution in [1.82, 2.24) is 0 Å². The van der Waals surface area contributed by atoms with Crippen molar-refractivity contribution in [2.45, 2.75) is 348 Å². The standard InChI is InChI=1S/C77H132O6/c1-4-7-10-13-16-19-22-24-26-28-30-32-34-35-36-37-38-39-40-41-43-44-46-48-50-52-55-58-61-64-67-70-76(79)82-73-74(72-81-75(78)69-66-63-60-57-54-21-18-15-12-9-6-3)83-77(80)71-68-65-62-59-56-53-51-49-47-45-42-33-31-29-27-25-23-20-17-14-11-8-5-2/h7,10,16,19,23-26,29-32,35-36,38-39,41,43,74H,4-6,8-9,11-15,17-18,20-22,27-28,33-34,37,40,42,44-73H2,1-3H3/b10-7-,19-16-,25-23-,26-24-,31-29-,32-30-,36-35-,39-38-,43-41-. The molecule has 0 saturated heterocycles. The van der Waals surface area contributed by atoms with Crippen LogP contribution in [0.25, 0.3) is 0 Å². The highest BCUT2D eigenvalue weighted by molar-refractivity contribution is 5.71. The summed E-state index contributed by atoms with van der Waals surface area (Å²) in [5.74, 6) is -0.873. The Morgan fingerprint density at radius 3 is 0.735 bits per heavy atom. The van der Waals surface area contributed by atoms with E-state index >= 15 is 0 Å². The van der Waals surface area contributed by atoms with Crippen molar-refractivity contribution in [2.24, 2.45) is 0 Å². The minimum Gasteiger partial charge on any atom is -0.462 e. The van der Waals surface area contributed by atoms with Crippen LogP contribution in [-0.4, -0.2) is 37.2 Å². The van der Waals surface area contributed by atoms with Gasteiger partial charge in [-0.1, -0.05) is 323 Å². The number of hydrogen-bond donors (Lipinski definition) is 0. The molecule has 0 spiro atoms. The Morgan fingerprint density at radius 2 is 0.470 bits per heavy atom. The molecule has 0 aromatic heterocycles. The van der Waals surface area contributed by atoms with Crippen LogP contribution in [0, 0.1) is 0 Å². The number of hydrogen-bond acceptors (Lipinski definition) is 6. The van der Waals surface area contributed by atoms with Crippen LogP contribution >= 0.6 is 0 Å². The van der Waals surface area contributed by atoms with Gasteiger partial charge in [0, 0.05) is 19.3 Å². The molecule has 6 nitrogen and oxygen atoms in total. The minimum atomic E-state index is -0.782. The molecule has 0 rings (SSSR count). The van der Waals surface area contributed by atoms with Gasteiger partial charge in [-0.2, -0.15) is 0 Å². The van der Waals surface area contributed by atoms with Crippen LogP contribution in [0.1, 0.15) is 342 Å². The zero-order valence-electron chi connectivity index (χ0n) is 54.7. The fourth-order valence-corrected chi connectivity index (χ4v) is 9.99. The molecule has 0 aromatic rings. The molecular weight excluding hydrogens is 1020 g/mol. The van der Waals surface area contributed by atoms with E-state index in [0.717, 1.165) is 116 Å². The highest BCUT2D eigenvalue weighted by Gasteiger charge is 2.19. The fraction of sp³-hybridized carbons (Fsp3) is 0.727. The number of ether oxygens (including phenoxy) is 3. The Bertz CT molecular complexity index is 1660. The molecule has 83 heavy (non-hydrogen) atoms. The summed E-state index contributed by atoms with van der Waals surface area (Å²) >= 11 is 0. The van der Waals surface area contributed by atoms with Crippen LogP contribution in [-0.2, 0) is 28.6 Å². The first-order valence-electron chi connectivity index (χ1n) is 35.4. The second kappa shape index (κ2) is 70.6. The predicted octanol–water partition coefficient (Wildman–Crippen LogP) is 24.6. The Labute approximate surface area is 514 Å². The lowest BCUT2D eigenvalue weighted by Crippen LogP contribution is -2.30. The highest BCUT2D eigenvalue weighted by atomic mass is 16.6. The van der Waals surface area contributed by atoms with E-state index in [0.29, 0.717) is 19.3 Å². The Kier molecular flexibility index (Phi) is 67.2. The van der Waals surface area contributed by atoms with Gasteiger partial charge in [-0.3, -0.25) is 14.4 Å². The normalized spacial score (nSPS) is 12.8. The number of allylic oxidation sites excluding steroid dienone is 18. The molecule has 0 saturated carbocycles. The van der Waals surface area contributed by atoms with E-state index < -0.39 is 6.10 Å². The second-order valence-corrected chi connectivity index (χ2v) is 23.4. The molecule has 476 valence electrons. The topological polar surface area (TPSA) is 78.9 Å². The molecule has 1 atom stereocenters. The van der Waals surface area contributed by atoms with Gasteiger partial charge in [0.25, 0.3) is 0 Å². The molecule has 0 aromatic carbocycles. The van der Waals surface area contributed by atoms with Crippen LogP contribution in [0.3, 0.4) is 0 Å². The van der Waals surface area contributed by atoms with E-state index in [1.807, 2.05) is 0 Å². The smallest absolute Gasteiger partial charge is 0.306 e. The van der Waals surface area contributed by atoms with Crippen molar-refractivity contribution >= 4 is 17.9 Å². The number of esters is 3. The van der Waals surface area contributed by atoms with E-state index in [9.17, 15) is 14.4 Å². The second-order valence-electron chi connectivity index (χ2n) is 23.4. The van der Waals surface area contributed by atoms with E-state index in [-0.39, 0.29) is 31.1 Å². The number of carbonyl (C=O) groups is 3. The zero-order valence-corrected chi connectivity index (χ0v) is 54.7. The Balaban J connectivity index is 4.25. The largest absolute Gasteiger partial charge is 0.462 e. The first-order chi connectivity index (χ1) is 41.0. The lowest BCUT2D eigenvalue weighted by Gasteiger charge is -2.18. The molecule has 0 aliphatic rings. The summed E-state index contributed by atoms with van der Waals surface area (Å²) in [6.07, 6.45) is 96.8. The van der Waals surface area contributed by atoms with Gasteiger partial charge in [-0.25, -0.2) is 0 Å². The average Bonchev–Trinajstić information content (AvgIpc) is 3.48. The molecule has 0 aliphatic heterocycles. The van der Waals surface area contributed by atoms with Gasteiger partial charge < -0.3 is 14.2 Å². The maximum atomic E-state index is 12.9. The van der Waals surface area contributed by atoms with Crippen molar-refractivity contribution in [3.05, 3.63) is 109 Å². The quantitative estimate of drug-likeness (QED) is 0.0261. The number of rotatable bonds is 64. The van der Waals surface area contributed by atoms with Crippen LogP contribution in [0.5, 0.6) is 0 Å². The third kappa shape index (κ3) is 68.7. The van der Waals surface area contributed by atoms with Gasteiger partial charge in [0.1, 0.15) is 13.2 Å². The van der Waals surface area contributed by atoms with Gasteiger partial charge in [-0.15, -0.1) is 0 Å². The summed E-state index contributed by atoms with van der Waals surface area (Å²) < 4.78 is 17.0. The first kappa shape index (κ1) is 79.1. The molecule has 0 heterocycles. The number of carbonyl (C=O) groups excluding carboxylic acids is 3. The molecule has 0 N–H and O–H groups in total. The van der Waals surface area contributed by atoms with Gasteiger partial charge in [0.05, 0.1) is 0 Å². The molecule has 6 heteroatoms. The van der Waals surface area contributed by atoms with Crippen molar-refractivity contribution in [3.8, 4) is 0 Å². The molecular formula is C77H132O6. The SMILES string of the molecule is CC/C=C\C/C=C\C/C=C\C/C=C\C/C=C\C/C=C\C/C=C\CCCCCCCCCCCC(=O)OCC(COC(=O)CCCCCCCCCCCCC)OC(=O)CCCCCCCCCCCCC/C=C\C/C=C\CCCCCCC. The summed E-state index contributed by atoms with van der Waals surface area (Å²) in [6.45, 7) is 6.54. The van der Waals surface area contributed by atoms with Gasteiger partial charge in [0.15, 0.2) is 6.10 Å². The lowest BCUT2D eigenvalue weighted by molar-refractivity contribution is -0.167. The van der Waals surface area contributed by atoms with E-state index in [2.05, 4.69) is 130 Å². The van der Waals surface area contributed by atoms with Crippen molar-refractivity contribution in [2.75, 3.05) is 13.2 Å². The van der Waals surface area contributed by atoms with Crippen LogP contribution in [0.15, 0.2) is 109 Å². The van der Waals surface area contributed by atoms with Gasteiger partial charge in [0.2, 0.25) is 0 Å². The highest BCUT2D eigenvalue weighted by Crippen LogP contribution is 2.17. The predicted molar refractivity (Wildman–Crippen MR) is 362 cm³/mol. The van der Waals surface area contributed by atoms with Crippen molar-refractivity contribution in [1.29, 1.82) is 0 Å². The third-order valence-electron chi connectivity index (χ3n) is 15.3. The molecule has 1 unspecified atom stereocenters. The average molecular weight is 1150 g/mol. The van der Waals surface area contributed by atoms with Crippen LogP contribution < -0.4 is 0 Å². The molecule has 0 fully saturated rings. The Morgan fingerprint density at radius 1 is 0.253 bits per heavy atom. The summed E-state index contributed by atoms with van der Waals surface area (Å²) in [5, 5.41) is 0. The first-order valence-corrected chi connectivity index (χ1v) is 35.4. The Hall–Kier alpha value is -3.93. The summed E-state index contributed by atoms with van der Waals surface area (Å²) in [6, 6.07) is 0. The summed E-state index contributed by atoms with van der Waals surface area (Å²) in [5.41, 5.74) is 0. The minimum absolute atomic E-state index is 0.0775. The third-order valence-corrected chi connectivity index (χ3v) is 15.3. The van der Waals surface area contributed by atoms with E-state index in [4.69, 9.17) is 14.2 Å². The molecule has 0 aliphatic carbocycles. The van der Waals surface area contributed by atoms with Crippen LogP contribution in [0.4, 0.5) is 0 Å². The summed E-state index contributed by atoms with van der Waals surface area (Å²) in [4.78, 5) is 38.4. The fourth-order valence-electron chi connectivity index (χ4n) is 9.99.